The minimum atomic E-state index is -1.81. The number of amides is 1. The van der Waals surface area contributed by atoms with E-state index in [9.17, 15) is 4.79 Å². The van der Waals surface area contributed by atoms with Crippen LogP contribution in [-0.4, -0.2) is 47.8 Å². The highest BCUT2D eigenvalue weighted by atomic mass is 127. The molecule has 0 bridgehead atoms. The molecule has 1 aromatic rings. The largest absolute Gasteiger partial charge is 0.444 e. The summed E-state index contributed by atoms with van der Waals surface area (Å²) < 4.78 is 15.0. The smallest absolute Gasteiger partial charge is 0.410 e. The Morgan fingerprint density at radius 3 is 2.50 bits per heavy atom. The van der Waals surface area contributed by atoms with Crippen molar-refractivity contribution in [3.63, 3.8) is 0 Å². The lowest BCUT2D eigenvalue weighted by Gasteiger charge is -2.36. The van der Waals surface area contributed by atoms with E-state index in [2.05, 4.69) is 62.7 Å². The number of rotatable bonds is 4. The molecule has 1 fully saturated rings. The van der Waals surface area contributed by atoms with Crippen LogP contribution in [0.3, 0.4) is 0 Å². The first kappa shape index (κ1) is 23.7. The summed E-state index contributed by atoms with van der Waals surface area (Å²) in [5.41, 5.74) is 0.513. The molecule has 1 atom stereocenters. The van der Waals surface area contributed by atoms with E-state index in [0.717, 1.165) is 28.7 Å². The second-order valence-electron chi connectivity index (χ2n) is 10.2. The van der Waals surface area contributed by atoms with E-state index in [1.165, 1.54) is 0 Å². The van der Waals surface area contributed by atoms with Crippen LogP contribution in [0.2, 0.25) is 18.1 Å². The molecule has 1 aromatic heterocycles. The normalized spacial score (nSPS) is 19.0. The van der Waals surface area contributed by atoms with Gasteiger partial charge >= 0.3 is 6.09 Å². The molecule has 0 aromatic carbocycles. The maximum absolute atomic E-state index is 12.4. The number of carbonyl (C=O) groups excluding carboxylic acids is 1. The first-order valence-electron chi connectivity index (χ1n) is 10.0. The van der Waals surface area contributed by atoms with Crippen LogP contribution < -0.4 is 0 Å². The molecule has 2 rings (SSSR count). The van der Waals surface area contributed by atoms with E-state index in [-0.39, 0.29) is 17.2 Å². The third kappa shape index (κ3) is 6.19. The monoisotopic (exact) mass is 521 g/mol. The molecular weight excluding hydrogens is 485 g/mol. The number of piperidine rings is 1. The van der Waals surface area contributed by atoms with Crippen molar-refractivity contribution >= 4 is 37.0 Å². The molecule has 1 aliphatic heterocycles. The van der Waals surface area contributed by atoms with Gasteiger partial charge in [-0.1, -0.05) is 20.8 Å². The minimum Gasteiger partial charge on any atom is -0.444 e. The molecular formula is C20H36IN3O3Si. The molecule has 0 aliphatic carbocycles. The Kier molecular flexibility index (Phi) is 7.29. The topological polar surface area (TPSA) is 56.6 Å². The standard InChI is InChI=1S/C20H36IN3O3Si/c1-19(2,3)27-18(25)23-11-9-10-15(12-23)24-13-16(21)17(22-24)14-26-28(7,8)20(4,5)6/h13,15H,9-12,14H2,1-8H3/t15-/m0/s1. The first-order valence-corrected chi connectivity index (χ1v) is 14.0. The van der Waals surface area contributed by atoms with Crippen molar-refractivity contribution in [2.75, 3.05) is 13.1 Å². The second kappa shape index (κ2) is 8.63. The van der Waals surface area contributed by atoms with Gasteiger partial charge in [0.2, 0.25) is 0 Å². The number of nitrogens with zero attached hydrogens (tertiary/aromatic N) is 3. The first-order chi connectivity index (χ1) is 12.7. The third-order valence-electron chi connectivity index (χ3n) is 5.56. The molecule has 0 radical (unpaired) electrons. The summed E-state index contributed by atoms with van der Waals surface area (Å²) in [6.07, 6.45) is 3.81. The molecule has 0 saturated carbocycles. The zero-order chi connectivity index (χ0) is 21.3. The molecule has 0 unspecified atom stereocenters. The van der Waals surface area contributed by atoms with Crippen LogP contribution >= 0.6 is 22.6 Å². The fraction of sp³-hybridized carbons (Fsp3) is 0.800. The SMILES string of the molecule is CC(C)(C)OC(=O)N1CCC[C@H](n2cc(I)c(CO[Si](C)(C)C(C)(C)C)n2)C1. The van der Waals surface area contributed by atoms with Crippen molar-refractivity contribution in [1.82, 2.24) is 14.7 Å². The Morgan fingerprint density at radius 2 is 1.93 bits per heavy atom. The van der Waals surface area contributed by atoms with Crippen molar-refractivity contribution in [2.45, 2.75) is 90.8 Å². The van der Waals surface area contributed by atoms with Crippen LogP contribution in [0.5, 0.6) is 0 Å². The van der Waals surface area contributed by atoms with Gasteiger partial charge in [-0.05, 0) is 74.3 Å². The molecule has 28 heavy (non-hydrogen) atoms. The molecule has 1 aliphatic rings. The Morgan fingerprint density at radius 1 is 1.29 bits per heavy atom. The van der Waals surface area contributed by atoms with Crippen LogP contribution in [0.1, 0.15) is 66.1 Å². The fourth-order valence-corrected chi connectivity index (χ4v) is 4.30. The van der Waals surface area contributed by atoms with Gasteiger partial charge in [0, 0.05) is 19.3 Å². The summed E-state index contributed by atoms with van der Waals surface area (Å²) in [6.45, 7) is 18.9. The van der Waals surface area contributed by atoms with Gasteiger partial charge in [-0.2, -0.15) is 5.10 Å². The van der Waals surface area contributed by atoms with Crippen molar-refractivity contribution in [2.24, 2.45) is 0 Å². The van der Waals surface area contributed by atoms with Crippen molar-refractivity contribution in [3.8, 4) is 0 Å². The lowest BCUT2D eigenvalue weighted by atomic mass is 10.1. The molecule has 6 nitrogen and oxygen atoms in total. The van der Waals surface area contributed by atoms with Gasteiger partial charge in [0.1, 0.15) is 11.3 Å². The maximum Gasteiger partial charge on any atom is 0.410 e. The lowest BCUT2D eigenvalue weighted by Crippen LogP contribution is -2.43. The van der Waals surface area contributed by atoms with Crippen LogP contribution in [0, 0.1) is 3.57 Å². The van der Waals surface area contributed by atoms with Crippen molar-refractivity contribution in [1.29, 1.82) is 0 Å². The van der Waals surface area contributed by atoms with E-state index >= 15 is 0 Å². The summed E-state index contributed by atoms with van der Waals surface area (Å²) >= 11 is 2.33. The quantitative estimate of drug-likeness (QED) is 0.384. The number of ether oxygens (including phenoxy) is 1. The van der Waals surface area contributed by atoms with E-state index in [4.69, 9.17) is 14.3 Å². The van der Waals surface area contributed by atoms with Crippen LogP contribution in [0.15, 0.2) is 6.20 Å². The van der Waals surface area contributed by atoms with E-state index in [0.29, 0.717) is 13.2 Å². The molecule has 2 heterocycles. The summed E-state index contributed by atoms with van der Waals surface area (Å²) in [4.78, 5) is 14.2. The van der Waals surface area contributed by atoms with Gasteiger partial charge < -0.3 is 14.1 Å². The Hall–Kier alpha value is -0.613. The zero-order valence-corrected chi connectivity index (χ0v) is 21.8. The predicted molar refractivity (Wildman–Crippen MR) is 123 cm³/mol. The van der Waals surface area contributed by atoms with E-state index < -0.39 is 13.9 Å². The van der Waals surface area contributed by atoms with Gasteiger partial charge in [-0.15, -0.1) is 0 Å². The molecule has 0 spiro atoms. The van der Waals surface area contributed by atoms with Crippen LogP contribution in [0.25, 0.3) is 0 Å². The Balaban J connectivity index is 2.04. The minimum absolute atomic E-state index is 0.177. The predicted octanol–water partition coefficient (Wildman–Crippen LogP) is 5.58. The Labute approximate surface area is 184 Å². The maximum atomic E-state index is 12.4. The number of likely N-dealkylation sites (tertiary alicyclic amines) is 1. The van der Waals surface area contributed by atoms with E-state index in [1.807, 2.05) is 25.5 Å². The Bertz CT molecular complexity index is 692. The molecule has 1 amide bonds. The average Bonchev–Trinajstić information content (AvgIpc) is 2.91. The molecule has 8 heteroatoms. The van der Waals surface area contributed by atoms with Gasteiger partial charge in [0.25, 0.3) is 0 Å². The fourth-order valence-electron chi connectivity index (χ4n) is 2.82. The molecule has 0 N–H and O–H groups in total. The van der Waals surface area contributed by atoms with Crippen molar-refractivity contribution in [3.05, 3.63) is 15.5 Å². The number of aromatic nitrogens is 2. The molecule has 160 valence electrons. The number of carbonyl (C=O) groups is 1. The average molecular weight is 522 g/mol. The molecule has 1 saturated heterocycles. The van der Waals surface area contributed by atoms with Crippen molar-refractivity contribution < 1.29 is 14.0 Å². The second-order valence-corrected chi connectivity index (χ2v) is 16.1. The summed E-state index contributed by atoms with van der Waals surface area (Å²) in [7, 11) is -1.81. The summed E-state index contributed by atoms with van der Waals surface area (Å²) in [5, 5.41) is 4.99. The summed E-state index contributed by atoms with van der Waals surface area (Å²) in [5.74, 6) is 0. The highest BCUT2D eigenvalue weighted by molar-refractivity contribution is 14.1. The van der Waals surface area contributed by atoms with Gasteiger partial charge in [-0.3, -0.25) is 4.68 Å². The highest BCUT2D eigenvalue weighted by Crippen LogP contribution is 2.37. The van der Waals surface area contributed by atoms with Gasteiger partial charge in [-0.25, -0.2) is 4.79 Å². The van der Waals surface area contributed by atoms with Gasteiger partial charge in [0.15, 0.2) is 8.32 Å². The lowest BCUT2D eigenvalue weighted by molar-refractivity contribution is 0.0167. The summed E-state index contributed by atoms with van der Waals surface area (Å²) in [6, 6.07) is 0.177. The van der Waals surface area contributed by atoms with Crippen LogP contribution in [-0.2, 0) is 15.8 Å². The number of halogens is 1. The zero-order valence-electron chi connectivity index (χ0n) is 18.6. The van der Waals surface area contributed by atoms with Crippen LogP contribution in [0.4, 0.5) is 4.79 Å². The highest BCUT2D eigenvalue weighted by Gasteiger charge is 2.37. The third-order valence-corrected chi connectivity index (χ3v) is 10.9. The van der Waals surface area contributed by atoms with E-state index in [1.54, 1.807) is 4.90 Å². The van der Waals surface area contributed by atoms with Gasteiger partial charge in [0.05, 0.1) is 16.2 Å². The number of hydrogen-bond donors (Lipinski definition) is 0. The number of hydrogen-bond acceptors (Lipinski definition) is 4.